The lowest BCUT2D eigenvalue weighted by Crippen LogP contribution is -2.41. The Morgan fingerprint density at radius 2 is 2.08 bits per heavy atom. The van der Waals surface area contributed by atoms with Crippen LogP contribution in [0.4, 0.5) is 4.79 Å². The van der Waals surface area contributed by atoms with Crippen molar-refractivity contribution in [2.75, 3.05) is 0 Å². The molecule has 0 fully saturated rings. The number of alkyl carbamates (subject to hydrolysis) is 1. The van der Waals surface area contributed by atoms with E-state index in [0.717, 1.165) is 32.2 Å². The Labute approximate surface area is 146 Å². The van der Waals surface area contributed by atoms with E-state index in [1.165, 1.54) is 16.7 Å². The molecule has 1 aliphatic carbocycles. The largest absolute Gasteiger partial charge is 0.444 e. The maximum absolute atomic E-state index is 11.9. The van der Waals surface area contributed by atoms with Gasteiger partial charge in [0, 0.05) is 18.6 Å². The number of aryl methyl sites for hydroxylation is 1. The summed E-state index contributed by atoms with van der Waals surface area (Å²) in [6.45, 7) is 11.0. The summed E-state index contributed by atoms with van der Waals surface area (Å²) in [4.78, 5) is 11.9. The zero-order valence-corrected chi connectivity index (χ0v) is 15.7. The molecule has 0 heterocycles. The van der Waals surface area contributed by atoms with Gasteiger partial charge in [0.25, 0.3) is 0 Å². The molecule has 1 aromatic rings. The number of ether oxygens (including phenoxy) is 1. The van der Waals surface area contributed by atoms with Gasteiger partial charge in [-0.1, -0.05) is 25.1 Å². The molecule has 2 N–H and O–H groups in total. The number of carbonyl (C=O) groups is 1. The molecular formula is C20H32N2O2. The van der Waals surface area contributed by atoms with Crippen molar-refractivity contribution in [3.05, 3.63) is 34.9 Å². The molecule has 4 nitrogen and oxygen atoms in total. The Balaban J connectivity index is 1.91. The average Bonchev–Trinajstić information content (AvgIpc) is 2.50. The normalized spacial score (nSPS) is 18.6. The van der Waals surface area contributed by atoms with Crippen molar-refractivity contribution in [2.24, 2.45) is 0 Å². The van der Waals surface area contributed by atoms with Crippen LogP contribution in [-0.2, 0) is 24.1 Å². The van der Waals surface area contributed by atoms with Gasteiger partial charge in [0.05, 0.1) is 0 Å². The number of rotatable bonds is 5. The van der Waals surface area contributed by atoms with E-state index in [1.807, 2.05) is 20.8 Å². The first kappa shape index (κ1) is 18.8. The fourth-order valence-electron chi connectivity index (χ4n) is 2.95. The highest BCUT2D eigenvalue weighted by Gasteiger charge is 2.23. The fraction of sp³-hybridized carbons (Fsp3) is 0.650. The monoisotopic (exact) mass is 332 g/mol. The Hall–Kier alpha value is -1.55. The van der Waals surface area contributed by atoms with Crippen molar-refractivity contribution in [3.8, 4) is 0 Å². The van der Waals surface area contributed by atoms with Gasteiger partial charge < -0.3 is 15.4 Å². The Bertz CT molecular complexity index is 563. The van der Waals surface area contributed by atoms with Crippen LogP contribution in [0, 0.1) is 0 Å². The predicted molar refractivity (Wildman–Crippen MR) is 98.2 cm³/mol. The summed E-state index contributed by atoms with van der Waals surface area (Å²) >= 11 is 0. The zero-order chi connectivity index (χ0) is 17.7. The molecule has 4 heteroatoms. The molecule has 0 saturated carbocycles. The molecule has 134 valence electrons. The van der Waals surface area contributed by atoms with E-state index in [4.69, 9.17) is 4.74 Å². The smallest absolute Gasteiger partial charge is 0.407 e. The first-order chi connectivity index (χ1) is 11.3. The van der Waals surface area contributed by atoms with Crippen molar-refractivity contribution in [1.29, 1.82) is 0 Å². The standard InChI is InChI=1S/C20H32N2O2/c1-6-14(2)21-13-15-7-8-17-12-18(10-9-16(17)11-15)22-19(23)24-20(3,4)5/h7-8,11,14,18,21H,6,9-10,12-13H2,1-5H3,(H,22,23). The van der Waals surface area contributed by atoms with Gasteiger partial charge in [0.15, 0.2) is 0 Å². The van der Waals surface area contributed by atoms with Crippen LogP contribution in [-0.4, -0.2) is 23.8 Å². The second-order valence-electron chi connectivity index (χ2n) is 7.88. The second-order valence-corrected chi connectivity index (χ2v) is 7.88. The average molecular weight is 332 g/mol. The molecule has 2 rings (SSSR count). The van der Waals surface area contributed by atoms with Crippen LogP contribution in [0.3, 0.4) is 0 Å². The molecular weight excluding hydrogens is 300 g/mol. The molecule has 1 amide bonds. The predicted octanol–water partition coefficient (Wildman–Crippen LogP) is 3.96. The SMILES string of the molecule is CCC(C)NCc1ccc2c(c1)CCC(NC(=O)OC(C)(C)C)C2. The van der Waals surface area contributed by atoms with Crippen molar-refractivity contribution in [3.63, 3.8) is 0 Å². The van der Waals surface area contributed by atoms with Crippen LogP contribution in [0.5, 0.6) is 0 Å². The van der Waals surface area contributed by atoms with Crippen LogP contribution in [0.15, 0.2) is 18.2 Å². The summed E-state index contributed by atoms with van der Waals surface area (Å²) in [6, 6.07) is 7.43. The highest BCUT2D eigenvalue weighted by atomic mass is 16.6. The minimum absolute atomic E-state index is 0.163. The van der Waals surface area contributed by atoms with E-state index < -0.39 is 5.60 Å². The van der Waals surface area contributed by atoms with Crippen molar-refractivity contribution in [1.82, 2.24) is 10.6 Å². The van der Waals surface area contributed by atoms with E-state index in [-0.39, 0.29) is 12.1 Å². The Morgan fingerprint density at radius 1 is 1.33 bits per heavy atom. The van der Waals surface area contributed by atoms with Gasteiger partial charge in [-0.2, -0.15) is 0 Å². The van der Waals surface area contributed by atoms with Gasteiger partial charge >= 0.3 is 6.09 Å². The quantitative estimate of drug-likeness (QED) is 0.858. The van der Waals surface area contributed by atoms with E-state index >= 15 is 0 Å². The van der Waals surface area contributed by atoms with Crippen molar-refractivity contribution >= 4 is 6.09 Å². The third kappa shape index (κ3) is 5.82. The van der Waals surface area contributed by atoms with Crippen LogP contribution < -0.4 is 10.6 Å². The fourth-order valence-corrected chi connectivity index (χ4v) is 2.95. The van der Waals surface area contributed by atoms with Gasteiger partial charge in [-0.05, 0) is 70.1 Å². The molecule has 0 bridgehead atoms. The first-order valence-electron chi connectivity index (χ1n) is 9.10. The third-order valence-corrected chi connectivity index (χ3v) is 4.49. The molecule has 2 unspecified atom stereocenters. The molecule has 24 heavy (non-hydrogen) atoms. The summed E-state index contributed by atoms with van der Waals surface area (Å²) in [5.74, 6) is 0. The molecule has 0 spiro atoms. The Kier molecular flexibility index (Phi) is 6.27. The van der Waals surface area contributed by atoms with E-state index in [9.17, 15) is 4.79 Å². The van der Waals surface area contributed by atoms with Crippen LogP contribution in [0.25, 0.3) is 0 Å². The minimum Gasteiger partial charge on any atom is -0.444 e. The lowest BCUT2D eigenvalue weighted by molar-refractivity contribution is 0.0500. The molecule has 2 atom stereocenters. The number of hydrogen-bond acceptors (Lipinski definition) is 3. The third-order valence-electron chi connectivity index (χ3n) is 4.49. The Morgan fingerprint density at radius 3 is 2.75 bits per heavy atom. The number of nitrogens with one attached hydrogen (secondary N) is 2. The summed E-state index contributed by atoms with van der Waals surface area (Å²) < 4.78 is 5.35. The minimum atomic E-state index is -0.450. The molecule has 1 aromatic carbocycles. The highest BCUT2D eigenvalue weighted by molar-refractivity contribution is 5.68. The van der Waals surface area contributed by atoms with Gasteiger partial charge in [-0.25, -0.2) is 4.79 Å². The number of fused-ring (bicyclic) bond motifs is 1. The maximum atomic E-state index is 11.9. The van der Waals surface area contributed by atoms with E-state index in [1.54, 1.807) is 0 Å². The van der Waals surface area contributed by atoms with Gasteiger partial charge in [-0.15, -0.1) is 0 Å². The summed E-state index contributed by atoms with van der Waals surface area (Å²) in [6.07, 6.45) is 3.68. The lowest BCUT2D eigenvalue weighted by atomic mass is 9.87. The molecule has 0 saturated heterocycles. The highest BCUT2D eigenvalue weighted by Crippen LogP contribution is 2.23. The zero-order valence-electron chi connectivity index (χ0n) is 15.7. The van der Waals surface area contributed by atoms with E-state index in [2.05, 4.69) is 42.7 Å². The van der Waals surface area contributed by atoms with Crippen molar-refractivity contribution < 1.29 is 9.53 Å². The summed E-state index contributed by atoms with van der Waals surface area (Å²) in [5, 5.41) is 6.54. The maximum Gasteiger partial charge on any atom is 0.407 e. The van der Waals surface area contributed by atoms with E-state index in [0.29, 0.717) is 6.04 Å². The van der Waals surface area contributed by atoms with Gasteiger partial charge in [0.2, 0.25) is 0 Å². The number of benzene rings is 1. The number of amides is 1. The lowest BCUT2D eigenvalue weighted by Gasteiger charge is -2.28. The molecule has 0 radical (unpaired) electrons. The second kappa shape index (κ2) is 8.02. The number of carbonyl (C=O) groups excluding carboxylic acids is 1. The molecule has 0 aromatic heterocycles. The summed E-state index contributed by atoms with van der Waals surface area (Å²) in [5.41, 5.74) is 3.65. The molecule has 0 aliphatic heterocycles. The van der Waals surface area contributed by atoms with Crippen molar-refractivity contribution in [2.45, 2.75) is 84.5 Å². The summed E-state index contributed by atoms with van der Waals surface area (Å²) in [7, 11) is 0. The first-order valence-corrected chi connectivity index (χ1v) is 9.10. The van der Waals surface area contributed by atoms with Crippen LogP contribution in [0.2, 0.25) is 0 Å². The van der Waals surface area contributed by atoms with Crippen LogP contribution >= 0.6 is 0 Å². The molecule has 1 aliphatic rings. The van der Waals surface area contributed by atoms with Gasteiger partial charge in [0.1, 0.15) is 5.60 Å². The topological polar surface area (TPSA) is 50.4 Å². The number of hydrogen-bond donors (Lipinski definition) is 2. The van der Waals surface area contributed by atoms with Gasteiger partial charge in [-0.3, -0.25) is 0 Å². The van der Waals surface area contributed by atoms with Crippen LogP contribution in [0.1, 0.15) is 64.2 Å².